The van der Waals surface area contributed by atoms with Crippen molar-refractivity contribution in [3.63, 3.8) is 0 Å². The maximum absolute atomic E-state index is 11.0. The summed E-state index contributed by atoms with van der Waals surface area (Å²) in [6, 6.07) is 6.34. The number of hydrogen-bond acceptors (Lipinski definition) is 3. The second-order valence-electron chi connectivity index (χ2n) is 2.59. The zero-order valence-corrected chi connectivity index (χ0v) is 8.00. The van der Waals surface area contributed by atoms with E-state index in [2.05, 4.69) is 0 Å². The number of hydrogen-bond donors (Lipinski definition) is 2. The average Bonchev–Trinajstić information content (AvgIpc) is 2.18. The summed E-state index contributed by atoms with van der Waals surface area (Å²) in [5.41, 5.74) is 1.05. The number of nitrogens with one attached hydrogen (secondary N) is 1. The molecule has 0 heterocycles. The normalized spacial score (nSPS) is 11.5. The fourth-order valence-electron chi connectivity index (χ4n) is 0.957. The number of rotatable bonds is 3. The van der Waals surface area contributed by atoms with Gasteiger partial charge in [0, 0.05) is 0 Å². The lowest BCUT2D eigenvalue weighted by Gasteiger charge is -2.01. The van der Waals surface area contributed by atoms with Crippen molar-refractivity contribution in [3.8, 4) is 0 Å². The van der Waals surface area contributed by atoms with Crippen LogP contribution < -0.4 is 4.89 Å². The number of benzene rings is 1. The van der Waals surface area contributed by atoms with E-state index < -0.39 is 10.0 Å². The Morgan fingerprint density at radius 1 is 1.31 bits per heavy atom. The van der Waals surface area contributed by atoms with Gasteiger partial charge in [0.05, 0.1) is 4.90 Å². The quantitative estimate of drug-likeness (QED) is 0.714. The van der Waals surface area contributed by atoms with Gasteiger partial charge in [-0.2, -0.15) is 0 Å². The third-order valence-electron chi connectivity index (χ3n) is 1.76. The van der Waals surface area contributed by atoms with Crippen LogP contribution in [0.3, 0.4) is 0 Å². The molecule has 4 nitrogen and oxygen atoms in total. The molecular formula is C8H11NO3S. The van der Waals surface area contributed by atoms with Crippen LogP contribution in [0.2, 0.25) is 0 Å². The first-order valence-corrected chi connectivity index (χ1v) is 5.33. The Morgan fingerprint density at radius 2 is 1.85 bits per heavy atom. The molecule has 0 aromatic heterocycles. The maximum atomic E-state index is 11.0. The molecule has 0 amide bonds. The summed E-state index contributed by atoms with van der Waals surface area (Å²) in [5, 5.41) is 8.34. The van der Waals surface area contributed by atoms with E-state index in [1.165, 1.54) is 17.0 Å². The van der Waals surface area contributed by atoms with Gasteiger partial charge in [0.1, 0.15) is 0 Å². The molecule has 0 radical (unpaired) electrons. The lowest BCUT2D eigenvalue weighted by Crippen LogP contribution is -2.19. The van der Waals surface area contributed by atoms with Crippen LogP contribution in [0.25, 0.3) is 0 Å². The van der Waals surface area contributed by atoms with Crippen LogP contribution in [0, 0.1) is 0 Å². The summed E-state index contributed by atoms with van der Waals surface area (Å²) in [7, 11) is -3.72. The first-order valence-electron chi connectivity index (χ1n) is 3.85. The SMILES string of the molecule is CCc1ccc(S(=O)(=O)NO)cc1. The standard InChI is InChI=1S/C8H11NO3S/c1-2-7-3-5-8(6-4-7)13(11,12)9-10/h3-6,9-10H,2H2,1H3. The van der Waals surface area contributed by atoms with E-state index in [0.717, 1.165) is 12.0 Å². The Labute approximate surface area is 77.2 Å². The highest BCUT2D eigenvalue weighted by Crippen LogP contribution is 2.09. The fourth-order valence-corrected chi connectivity index (χ4v) is 1.56. The Balaban J connectivity index is 3.06. The van der Waals surface area contributed by atoms with Crippen LogP contribution in [0.15, 0.2) is 29.2 Å². The van der Waals surface area contributed by atoms with Gasteiger partial charge in [-0.05, 0) is 24.1 Å². The first kappa shape index (κ1) is 10.2. The van der Waals surface area contributed by atoms with E-state index in [-0.39, 0.29) is 4.90 Å². The Bertz CT molecular complexity index is 369. The average molecular weight is 201 g/mol. The van der Waals surface area contributed by atoms with Gasteiger partial charge in [0.15, 0.2) is 0 Å². The van der Waals surface area contributed by atoms with E-state index in [1.54, 1.807) is 12.1 Å². The molecule has 13 heavy (non-hydrogen) atoms. The van der Waals surface area contributed by atoms with E-state index in [1.807, 2.05) is 6.92 Å². The molecule has 1 rings (SSSR count). The molecule has 0 aliphatic carbocycles. The molecule has 0 saturated heterocycles. The smallest absolute Gasteiger partial charge is 0.262 e. The van der Waals surface area contributed by atoms with Gasteiger partial charge in [-0.3, -0.25) is 0 Å². The zero-order valence-electron chi connectivity index (χ0n) is 7.19. The molecule has 0 spiro atoms. The topological polar surface area (TPSA) is 66.4 Å². The third-order valence-corrected chi connectivity index (χ3v) is 2.90. The Morgan fingerprint density at radius 3 is 2.23 bits per heavy atom. The second kappa shape index (κ2) is 3.87. The highest BCUT2D eigenvalue weighted by atomic mass is 32.2. The van der Waals surface area contributed by atoms with Gasteiger partial charge in [-0.1, -0.05) is 23.9 Å². The predicted octanol–water partition coefficient (Wildman–Crippen LogP) is 0.917. The minimum absolute atomic E-state index is 0.0622. The van der Waals surface area contributed by atoms with E-state index >= 15 is 0 Å². The largest absolute Gasteiger partial charge is 0.302 e. The second-order valence-corrected chi connectivity index (χ2v) is 4.25. The van der Waals surface area contributed by atoms with Crippen LogP contribution in [0.1, 0.15) is 12.5 Å². The minimum Gasteiger partial charge on any atom is -0.302 e. The minimum atomic E-state index is -3.72. The van der Waals surface area contributed by atoms with Crippen LogP contribution in [-0.4, -0.2) is 13.6 Å². The Hall–Kier alpha value is -0.910. The maximum Gasteiger partial charge on any atom is 0.262 e. The summed E-state index contributed by atoms with van der Waals surface area (Å²) in [6.45, 7) is 1.98. The van der Waals surface area contributed by atoms with Gasteiger partial charge >= 0.3 is 0 Å². The summed E-state index contributed by atoms with van der Waals surface area (Å²) in [6.07, 6.45) is 0.854. The first-order chi connectivity index (χ1) is 6.10. The molecule has 0 atom stereocenters. The monoisotopic (exact) mass is 201 g/mol. The summed E-state index contributed by atoms with van der Waals surface area (Å²) >= 11 is 0. The van der Waals surface area contributed by atoms with Crippen molar-refractivity contribution in [2.24, 2.45) is 0 Å². The predicted molar refractivity (Wildman–Crippen MR) is 47.9 cm³/mol. The van der Waals surface area contributed by atoms with Gasteiger partial charge in [0.2, 0.25) is 0 Å². The zero-order chi connectivity index (χ0) is 9.90. The molecule has 0 aliphatic rings. The van der Waals surface area contributed by atoms with Crippen molar-refractivity contribution in [2.75, 3.05) is 0 Å². The summed E-state index contributed by atoms with van der Waals surface area (Å²) in [5.74, 6) is 0. The van der Waals surface area contributed by atoms with Crippen molar-refractivity contribution in [3.05, 3.63) is 29.8 Å². The van der Waals surface area contributed by atoms with E-state index in [4.69, 9.17) is 5.21 Å². The number of sulfonamides is 1. The van der Waals surface area contributed by atoms with Crippen LogP contribution in [-0.2, 0) is 16.4 Å². The van der Waals surface area contributed by atoms with Gasteiger partial charge < -0.3 is 5.21 Å². The highest BCUT2D eigenvalue weighted by molar-refractivity contribution is 7.89. The van der Waals surface area contributed by atoms with E-state index in [9.17, 15) is 8.42 Å². The molecular weight excluding hydrogens is 190 g/mol. The molecule has 1 aromatic rings. The van der Waals surface area contributed by atoms with Crippen molar-refractivity contribution < 1.29 is 13.6 Å². The summed E-state index contributed by atoms with van der Waals surface area (Å²) in [4.78, 5) is 1.33. The molecule has 0 bridgehead atoms. The Kier molecular flexibility index (Phi) is 3.02. The molecule has 0 aliphatic heterocycles. The molecule has 5 heteroatoms. The van der Waals surface area contributed by atoms with Crippen LogP contribution >= 0.6 is 0 Å². The molecule has 0 unspecified atom stereocenters. The molecule has 1 aromatic carbocycles. The summed E-state index contributed by atoms with van der Waals surface area (Å²) < 4.78 is 22.1. The van der Waals surface area contributed by atoms with Crippen molar-refractivity contribution in [1.82, 2.24) is 4.89 Å². The fraction of sp³-hybridized carbons (Fsp3) is 0.250. The molecule has 72 valence electrons. The van der Waals surface area contributed by atoms with Crippen molar-refractivity contribution >= 4 is 10.0 Å². The van der Waals surface area contributed by atoms with Crippen molar-refractivity contribution in [1.29, 1.82) is 0 Å². The highest BCUT2D eigenvalue weighted by Gasteiger charge is 2.10. The molecule has 2 N–H and O–H groups in total. The molecule has 0 saturated carbocycles. The van der Waals surface area contributed by atoms with Crippen LogP contribution in [0.5, 0.6) is 0 Å². The van der Waals surface area contributed by atoms with Crippen molar-refractivity contribution in [2.45, 2.75) is 18.2 Å². The number of aryl methyl sites for hydroxylation is 1. The van der Waals surface area contributed by atoms with Gasteiger partial charge in [0.25, 0.3) is 10.0 Å². The van der Waals surface area contributed by atoms with Crippen LogP contribution in [0.4, 0.5) is 0 Å². The van der Waals surface area contributed by atoms with Gasteiger partial charge in [-0.25, -0.2) is 8.42 Å². The third kappa shape index (κ3) is 2.27. The van der Waals surface area contributed by atoms with E-state index in [0.29, 0.717) is 0 Å². The van der Waals surface area contributed by atoms with Gasteiger partial charge in [-0.15, -0.1) is 0 Å². The lowest BCUT2D eigenvalue weighted by atomic mass is 10.2. The molecule has 0 fully saturated rings. The lowest BCUT2D eigenvalue weighted by molar-refractivity contribution is 0.242.